The lowest BCUT2D eigenvalue weighted by Crippen LogP contribution is -2.32. The minimum absolute atomic E-state index is 0.323. The Morgan fingerprint density at radius 3 is 2.21 bits per heavy atom. The molecular formula is C16H20N4O4. The first-order chi connectivity index (χ1) is 11.4. The molecule has 2 aromatic heterocycles. The normalized spacial score (nSPS) is 12.2. The minimum atomic E-state index is -0.987. The highest BCUT2D eigenvalue weighted by Crippen LogP contribution is 2.04. The third-order valence-electron chi connectivity index (χ3n) is 2.91. The number of aliphatic carboxylic acids is 2. The summed E-state index contributed by atoms with van der Waals surface area (Å²) in [5.74, 6) is -1.86. The van der Waals surface area contributed by atoms with Crippen molar-refractivity contribution in [3.63, 3.8) is 0 Å². The molecule has 0 aliphatic carbocycles. The van der Waals surface area contributed by atoms with Crippen LogP contribution in [0.5, 0.6) is 0 Å². The van der Waals surface area contributed by atoms with E-state index in [-0.39, 0.29) is 0 Å². The molecule has 128 valence electrons. The first-order valence-electron chi connectivity index (χ1n) is 7.16. The number of nitrogens with zero attached hydrogens (tertiary/aromatic N) is 2. The Hall–Kier alpha value is -3.00. The zero-order valence-corrected chi connectivity index (χ0v) is 13.2. The van der Waals surface area contributed by atoms with Crippen molar-refractivity contribution in [2.24, 2.45) is 5.73 Å². The molecule has 0 spiro atoms. The van der Waals surface area contributed by atoms with Crippen LogP contribution in [0.1, 0.15) is 12.5 Å². The highest BCUT2D eigenvalue weighted by Gasteiger charge is 2.11. The Balaban J connectivity index is 0.000000240. The lowest BCUT2D eigenvalue weighted by Gasteiger charge is -2.08. The minimum Gasteiger partial charge on any atom is -0.480 e. The van der Waals surface area contributed by atoms with E-state index >= 15 is 0 Å². The van der Waals surface area contributed by atoms with Crippen molar-refractivity contribution in [1.82, 2.24) is 9.97 Å². The molecule has 24 heavy (non-hydrogen) atoms. The monoisotopic (exact) mass is 332 g/mol. The molecule has 0 fully saturated rings. The number of pyridine rings is 2. The van der Waals surface area contributed by atoms with Crippen LogP contribution in [0.4, 0.5) is 5.69 Å². The molecule has 0 bridgehead atoms. The fourth-order valence-electron chi connectivity index (χ4n) is 1.62. The third-order valence-corrected chi connectivity index (χ3v) is 2.91. The highest BCUT2D eigenvalue weighted by atomic mass is 16.4. The second-order valence-electron chi connectivity index (χ2n) is 4.96. The van der Waals surface area contributed by atoms with Crippen molar-refractivity contribution in [3.8, 4) is 0 Å². The summed E-state index contributed by atoms with van der Waals surface area (Å²) in [6.07, 6.45) is 6.79. The Morgan fingerprint density at radius 1 is 1.12 bits per heavy atom. The van der Waals surface area contributed by atoms with Gasteiger partial charge in [-0.3, -0.25) is 19.6 Å². The Morgan fingerprint density at radius 2 is 1.75 bits per heavy atom. The van der Waals surface area contributed by atoms with E-state index in [4.69, 9.17) is 15.9 Å². The smallest absolute Gasteiger partial charge is 0.325 e. The van der Waals surface area contributed by atoms with Crippen LogP contribution in [0, 0.1) is 0 Å². The molecule has 2 aromatic rings. The van der Waals surface area contributed by atoms with E-state index in [1.54, 1.807) is 56.0 Å². The van der Waals surface area contributed by atoms with Crippen molar-refractivity contribution in [2.75, 3.05) is 5.32 Å². The number of hydrogen-bond donors (Lipinski definition) is 4. The molecule has 0 aliphatic rings. The summed E-state index contributed by atoms with van der Waals surface area (Å²) in [6.45, 7) is 1.58. The molecule has 0 saturated carbocycles. The third kappa shape index (κ3) is 7.32. The average Bonchev–Trinajstić information content (AvgIpc) is 2.57. The zero-order valence-electron chi connectivity index (χ0n) is 13.2. The van der Waals surface area contributed by atoms with Gasteiger partial charge in [0.1, 0.15) is 12.1 Å². The SMILES string of the molecule is C[C@@H](Nc1cccnc1)C(=O)O.N[C@H](Cc1cccnc1)C(=O)O. The molecule has 2 heterocycles. The fraction of sp³-hybridized carbons (Fsp3) is 0.250. The van der Waals surface area contributed by atoms with Crippen LogP contribution < -0.4 is 11.1 Å². The molecule has 0 amide bonds. The van der Waals surface area contributed by atoms with Crippen molar-refractivity contribution in [2.45, 2.75) is 25.4 Å². The van der Waals surface area contributed by atoms with Crippen molar-refractivity contribution < 1.29 is 19.8 Å². The van der Waals surface area contributed by atoms with E-state index in [1.165, 1.54) is 0 Å². The van der Waals surface area contributed by atoms with Gasteiger partial charge in [0.15, 0.2) is 0 Å². The fourth-order valence-corrected chi connectivity index (χ4v) is 1.62. The molecule has 0 radical (unpaired) electrons. The highest BCUT2D eigenvalue weighted by molar-refractivity contribution is 5.76. The summed E-state index contributed by atoms with van der Waals surface area (Å²) >= 11 is 0. The van der Waals surface area contributed by atoms with E-state index in [0.29, 0.717) is 12.1 Å². The number of anilines is 1. The number of nitrogens with one attached hydrogen (secondary N) is 1. The number of carbonyl (C=O) groups is 2. The molecule has 5 N–H and O–H groups in total. The first-order valence-corrected chi connectivity index (χ1v) is 7.16. The van der Waals surface area contributed by atoms with Crippen LogP contribution >= 0.6 is 0 Å². The van der Waals surface area contributed by atoms with Crippen molar-refractivity contribution in [1.29, 1.82) is 0 Å². The molecule has 8 heteroatoms. The van der Waals surface area contributed by atoms with Crippen LogP contribution in [0.2, 0.25) is 0 Å². The summed E-state index contributed by atoms with van der Waals surface area (Å²) in [5.41, 5.74) is 6.88. The van der Waals surface area contributed by atoms with Gasteiger partial charge in [0.25, 0.3) is 0 Å². The van der Waals surface area contributed by atoms with Crippen LogP contribution in [-0.2, 0) is 16.0 Å². The van der Waals surface area contributed by atoms with E-state index in [2.05, 4.69) is 15.3 Å². The van der Waals surface area contributed by atoms with Gasteiger partial charge >= 0.3 is 11.9 Å². The van der Waals surface area contributed by atoms with Gasteiger partial charge in [-0.2, -0.15) is 0 Å². The molecule has 8 nitrogen and oxygen atoms in total. The molecule has 2 rings (SSSR count). The second-order valence-corrected chi connectivity index (χ2v) is 4.96. The Bertz CT molecular complexity index is 580. The molecule has 0 aliphatic heterocycles. The Kier molecular flexibility index (Phi) is 7.86. The van der Waals surface area contributed by atoms with Gasteiger partial charge in [-0.05, 0) is 37.1 Å². The topological polar surface area (TPSA) is 138 Å². The number of hydrogen-bond acceptors (Lipinski definition) is 6. The standard InChI is InChI=1S/2C8H10N2O2/c1-6(8(11)12)10-7-3-2-4-9-5-7;9-7(8(11)12)4-6-2-1-3-10-5-6/h2-6,10H,1H3,(H,11,12);1-3,5,7H,4,9H2,(H,11,12)/t6-;7-/m11/s1. The van der Waals surface area contributed by atoms with Crippen LogP contribution in [-0.4, -0.2) is 44.2 Å². The first kappa shape index (κ1) is 19.0. The summed E-state index contributed by atoms with van der Waals surface area (Å²) < 4.78 is 0. The van der Waals surface area contributed by atoms with Gasteiger partial charge < -0.3 is 21.3 Å². The summed E-state index contributed by atoms with van der Waals surface area (Å²) in [4.78, 5) is 28.5. The van der Waals surface area contributed by atoms with E-state index < -0.39 is 24.0 Å². The maximum absolute atomic E-state index is 10.4. The van der Waals surface area contributed by atoms with Crippen molar-refractivity contribution in [3.05, 3.63) is 54.6 Å². The Labute approximate surface area is 139 Å². The number of carboxylic acids is 2. The number of nitrogens with two attached hydrogens (primary N) is 1. The van der Waals surface area contributed by atoms with Crippen LogP contribution in [0.3, 0.4) is 0 Å². The summed E-state index contributed by atoms with van der Waals surface area (Å²) in [7, 11) is 0. The second kappa shape index (κ2) is 9.90. The maximum Gasteiger partial charge on any atom is 0.325 e. The van der Waals surface area contributed by atoms with Gasteiger partial charge in [-0.25, -0.2) is 0 Å². The zero-order chi connectivity index (χ0) is 17.9. The lowest BCUT2D eigenvalue weighted by molar-refractivity contribution is -0.139. The molecule has 2 atom stereocenters. The average molecular weight is 332 g/mol. The van der Waals surface area contributed by atoms with Crippen LogP contribution in [0.15, 0.2) is 49.1 Å². The predicted molar refractivity (Wildman–Crippen MR) is 88.5 cm³/mol. The van der Waals surface area contributed by atoms with E-state index in [1.807, 2.05) is 0 Å². The quantitative estimate of drug-likeness (QED) is 0.614. The van der Waals surface area contributed by atoms with Gasteiger partial charge in [-0.15, -0.1) is 0 Å². The number of aromatic nitrogens is 2. The molecule has 0 unspecified atom stereocenters. The lowest BCUT2D eigenvalue weighted by atomic mass is 10.1. The summed E-state index contributed by atoms with van der Waals surface area (Å²) in [5, 5.41) is 19.8. The molecular weight excluding hydrogens is 312 g/mol. The van der Waals surface area contributed by atoms with Gasteiger partial charge in [0, 0.05) is 24.8 Å². The maximum atomic E-state index is 10.4. The predicted octanol–water partition coefficient (Wildman–Crippen LogP) is 1.00. The molecule has 0 saturated heterocycles. The van der Waals surface area contributed by atoms with Gasteiger partial charge in [0.2, 0.25) is 0 Å². The van der Waals surface area contributed by atoms with E-state index in [0.717, 1.165) is 5.56 Å². The van der Waals surface area contributed by atoms with Crippen LogP contribution in [0.25, 0.3) is 0 Å². The number of carboxylic acid groups (broad SMARTS) is 2. The van der Waals surface area contributed by atoms with Gasteiger partial charge in [0.05, 0.1) is 5.69 Å². The van der Waals surface area contributed by atoms with E-state index in [9.17, 15) is 9.59 Å². The number of rotatable bonds is 6. The van der Waals surface area contributed by atoms with Crippen molar-refractivity contribution >= 4 is 17.6 Å². The van der Waals surface area contributed by atoms with Gasteiger partial charge in [-0.1, -0.05) is 6.07 Å². The summed E-state index contributed by atoms with van der Waals surface area (Å²) in [6, 6.07) is 5.65. The largest absolute Gasteiger partial charge is 0.480 e. The molecule has 0 aromatic carbocycles.